The number of rotatable bonds is 37. The summed E-state index contributed by atoms with van der Waals surface area (Å²) in [6.07, 6.45) is 25.4. The molecule has 2 heterocycles. The van der Waals surface area contributed by atoms with Crippen LogP contribution in [0.2, 0.25) is 0 Å². The van der Waals surface area contributed by atoms with Crippen LogP contribution in [-0.4, -0.2) is 104 Å². The average Bonchev–Trinajstić information content (AvgIpc) is 1.69. The highest BCUT2D eigenvalue weighted by Crippen LogP contribution is 2.21. The maximum absolute atomic E-state index is 10.1. The number of H-pyrrole nitrogens is 2. The molecule has 15 N–H and O–H groups in total. The zero-order chi connectivity index (χ0) is 111. The number of guanidine groups is 1. The molecule has 0 aliphatic heterocycles. The highest BCUT2D eigenvalue weighted by atomic mass is 32.2. The topological polar surface area (TPSA) is 362 Å². The molecule has 0 saturated carbocycles. The molecule has 138 heavy (non-hydrogen) atoms. The highest BCUT2D eigenvalue weighted by molar-refractivity contribution is 7.98. The molecular weight excluding hydrogens is 1750 g/mol. The second-order valence-electron chi connectivity index (χ2n) is 44.4. The number of primary amides is 2. The summed E-state index contributed by atoms with van der Waals surface area (Å²) in [6, 6.07) is 26.5. The number of nitrogens with one attached hydrogen (secondary N) is 2. The number of carbonyl (C=O) groups is 4. The minimum Gasteiger partial charge on any atom is -0.550 e. The summed E-state index contributed by atoms with van der Waals surface area (Å²) in [5, 5.41) is 46.6. The minimum absolute atomic E-state index is 0.148. The fraction of sp³-hybridized carbons (Fsp3) is 0.763. The number of phenols is 1. The number of imidazole rings is 1. The van der Waals surface area contributed by atoms with Crippen molar-refractivity contribution in [2.24, 2.45) is 158 Å². The Balaban J connectivity index is -0.000000110. The predicted molar refractivity (Wildman–Crippen MR) is 617 cm³/mol. The summed E-state index contributed by atoms with van der Waals surface area (Å²) < 4.78 is 0. The molecule has 0 aliphatic carbocycles. The van der Waals surface area contributed by atoms with Crippen molar-refractivity contribution in [1.82, 2.24) is 15.0 Å². The van der Waals surface area contributed by atoms with Crippen molar-refractivity contribution in [1.29, 1.82) is 0 Å². The number of hydrogen-bond acceptors (Lipinski definition) is 14. The molecule has 18 nitrogen and oxygen atoms in total. The van der Waals surface area contributed by atoms with Gasteiger partial charge in [0.15, 0.2) is 5.96 Å². The van der Waals surface area contributed by atoms with Gasteiger partial charge < -0.3 is 73.8 Å². The number of thiol groups is 1. The lowest BCUT2D eigenvalue weighted by Crippen LogP contribution is -2.23. The third kappa shape index (κ3) is 176. The van der Waals surface area contributed by atoms with Crippen LogP contribution < -0.4 is 38.9 Å². The fourth-order valence-electron chi connectivity index (χ4n) is 9.51. The van der Waals surface area contributed by atoms with Crippen LogP contribution in [0.1, 0.15) is 417 Å². The minimum atomic E-state index is -0.963. The molecule has 2 aromatic heterocycles. The molecule has 20 heteroatoms. The molecular formula is C118H235N9O9S2-2. The van der Waals surface area contributed by atoms with Crippen molar-refractivity contribution in [3.63, 3.8) is 0 Å². The molecule has 5 rings (SSSR count). The number of nitrogens with zero attached hydrogens (tertiary/aromatic N) is 2. The van der Waals surface area contributed by atoms with Gasteiger partial charge in [0.2, 0.25) is 11.8 Å². The normalized spacial score (nSPS) is 10.7. The number of carboxylic acids is 2. The van der Waals surface area contributed by atoms with E-state index in [1.807, 2.05) is 99.3 Å². The van der Waals surface area contributed by atoms with Crippen LogP contribution >= 0.6 is 24.4 Å². The Morgan fingerprint density at radius 3 is 1.07 bits per heavy atom. The van der Waals surface area contributed by atoms with E-state index in [2.05, 4.69) is 328 Å². The van der Waals surface area contributed by atoms with E-state index in [0.29, 0.717) is 66.6 Å². The van der Waals surface area contributed by atoms with Gasteiger partial charge in [-0.3, -0.25) is 14.6 Å². The number of phenolic OH excluding ortho intramolecular Hbond substituents is 1. The summed E-state index contributed by atoms with van der Waals surface area (Å²) in [4.78, 5) is 53.8. The van der Waals surface area contributed by atoms with Gasteiger partial charge in [0.05, 0.1) is 12.4 Å². The highest BCUT2D eigenvalue weighted by Gasteiger charge is 2.07. The molecule has 0 fully saturated rings. The number of carbonyl (C=O) groups excluding carboxylic acids is 4. The van der Waals surface area contributed by atoms with E-state index in [4.69, 9.17) is 44.0 Å². The number of aliphatic carboxylic acids is 2. The van der Waals surface area contributed by atoms with E-state index >= 15 is 0 Å². The van der Waals surface area contributed by atoms with E-state index in [0.717, 1.165) is 134 Å². The first kappa shape index (κ1) is 160. The number of aromatic nitrogens is 3. The van der Waals surface area contributed by atoms with Crippen molar-refractivity contribution in [2.75, 3.05) is 37.5 Å². The largest absolute Gasteiger partial charge is 0.550 e. The standard InChI is InChI=1S/C12H15N.C10H14O.C10H14.C7H17N3.C7H12N2.C7H17N.2C7H16.C6H13NO.C6H12O2.C6H14S.C6H14.C5H11NO.C5H10O2.C5H12O.C4H10O.C4H10S.C4H10/c1-9(2)7-10-8-13-12-6-4-3-5-11(10)12;1-8(2)7-9-3-5-10(11)6-4-9;1-9(2)8-10-6-4-3-5-7-10;1-6(2)4-3-5-10-7(8)9;1-6(2)3-7-4-8-5-9-7;1-7(2)5-3-4-6-8;1-6(2)5-7(3)4;1-5-7(4)6(2)3;2*1-5(2)3-4-6(7)8;1-6(2)4-5-7-3;1-5(2)6(3)4;2*1-4(2)3-5(6)7;1-4(2)5(3)6;2*1-4(2)3-5;1-4(2)3/h3-6,8-9,13H,7H2,1-2H3;3-6,8,11H,7H2,1-2H3;3-7,9H,8H2,1-2H3;6H,3-5H2,1-2H3,(H4,8,9,10);4-6H,3H2,1-2H3,(H,8,9);7H,3-6,8H2,1-2H3;2*6-7H,5H2,1-4H3;5H,3-4H2,1-2H3,(H2,7,8);5H,3-4H2,1-2H3,(H,7,8);6H,4-5H2,1-3H3;5-6H,1-4H3;4H,3H2,1-2H3,(H2,6,7);4H,3H2,1-2H3,(H,6,7);4-6H,1-3H3;2*4-5H,3H2,1-2H3;4H,1-3H3/p-2/t;;;;;;;;;;;;;;5-;;;/m..............1.../s1. The molecule has 820 valence electrons. The maximum Gasteiger partial charge on any atom is 0.217 e. The molecule has 0 saturated heterocycles. The van der Waals surface area contributed by atoms with Gasteiger partial charge >= 0.3 is 0 Å². The number of fused-ring (bicyclic) bond motifs is 1. The summed E-state index contributed by atoms with van der Waals surface area (Å²) >= 11 is 5.95. The number of para-hydroxylation sites is 1. The SMILES string of the molecule is CC(C)C.CC(C)C(C)C.CC(C)CC(=O)[O-].CC(C)CC(C)C.CC(C)CC(N)=O.CC(C)CCC(=O)[O-].CC(C)CCC(N)=O.CC(C)CCCCN.CC(C)CCCN=C(N)N.CC(C)CO.CC(C)CS.CC(C)Cc1c[nH]c2ccccc12.CC(C)Cc1ccc(O)cc1.CC(C)Cc1ccccc1.CC(C)Cc1cnc[nH]1.CC(C)[C@@H](C)O.CCC(C)C(C)C.CSCCC(C)C. The Hall–Kier alpha value is -6.06. The molecule has 0 bridgehead atoms. The van der Waals surface area contributed by atoms with Gasteiger partial charge in [-0.1, -0.05) is 378 Å². The number of nitrogens with two attached hydrogens (primary N) is 5. The number of aliphatic hydroxyl groups is 2. The molecule has 2 atom stereocenters. The number of aliphatic imine (C=N–C) groups is 1. The van der Waals surface area contributed by atoms with E-state index in [1.54, 1.807) is 25.4 Å². The Bertz CT molecular complexity index is 3170. The summed E-state index contributed by atoms with van der Waals surface area (Å²) in [5.41, 5.74) is 32.0. The lowest BCUT2D eigenvalue weighted by atomic mass is 9.96. The maximum atomic E-state index is 10.1. The number of benzene rings is 3. The zero-order valence-corrected chi connectivity index (χ0v) is 100. The molecule has 1 unspecified atom stereocenters. The lowest BCUT2D eigenvalue weighted by Gasteiger charge is -2.10. The second-order valence-corrected chi connectivity index (χ2v) is 45.8. The number of aromatic amines is 2. The smallest absolute Gasteiger partial charge is 0.217 e. The Morgan fingerprint density at radius 2 is 0.833 bits per heavy atom. The first-order valence-corrected chi connectivity index (χ1v) is 55.0. The van der Waals surface area contributed by atoms with Crippen LogP contribution in [0.25, 0.3) is 10.9 Å². The molecule has 0 aliphatic rings. The number of aliphatic hydroxyl groups excluding tert-OH is 2. The van der Waals surface area contributed by atoms with E-state index in [1.165, 1.54) is 90.4 Å². The van der Waals surface area contributed by atoms with Gasteiger partial charge in [0.1, 0.15) is 5.75 Å². The van der Waals surface area contributed by atoms with Crippen molar-refractivity contribution in [2.45, 2.75) is 426 Å². The number of hydrogen-bond donors (Lipinski definition) is 11. The number of carboxylic acid groups (broad SMARTS) is 2. The molecule has 2 amide bonds. The van der Waals surface area contributed by atoms with Gasteiger partial charge in [-0.2, -0.15) is 24.4 Å². The summed E-state index contributed by atoms with van der Waals surface area (Å²) in [7, 11) is 0. The van der Waals surface area contributed by atoms with Crippen LogP contribution in [0.3, 0.4) is 0 Å². The third-order valence-electron chi connectivity index (χ3n) is 18.8. The van der Waals surface area contributed by atoms with Gasteiger partial charge in [0.25, 0.3) is 0 Å². The zero-order valence-electron chi connectivity index (χ0n) is 98.6. The quantitative estimate of drug-likeness (QED) is 0.00762. The molecule has 0 spiro atoms. The number of unbranched alkanes of at least 4 members (excludes halogenated alkanes) is 1. The van der Waals surface area contributed by atoms with Crippen LogP contribution in [0, 0.1) is 124 Å². The average molecular weight is 1990 g/mol. The number of thioether (sulfide) groups is 1. The van der Waals surface area contributed by atoms with Crippen LogP contribution in [0.4, 0.5) is 0 Å². The Labute approximate surface area is 866 Å². The molecule has 3 aromatic carbocycles. The number of amides is 2. The first-order chi connectivity index (χ1) is 63.6. The van der Waals surface area contributed by atoms with Crippen molar-refractivity contribution in [3.8, 4) is 5.75 Å². The van der Waals surface area contributed by atoms with Gasteiger partial charge in [-0.25, -0.2) is 4.98 Å². The van der Waals surface area contributed by atoms with Gasteiger partial charge in [-0.15, -0.1) is 0 Å². The van der Waals surface area contributed by atoms with Crippen LogP contribution in [0.15, 0.2) is 103 Å². The van der Waals surface area contributed by atoms with E-state index in [-0.39, 0.29) is 42.6 Å². The lowest BCUT2D eigenvalue weighted by molar-refractivity contribution is -0.307. The molecule has 0 radical (unpaired) electrons. The monoisotopic (exact) mass is 1990 g/mol. The van der Waals surface area contributed by atoms with Crippen molar-refractivity contribution < 1.29 is 44.7 Å². The van der Waals surface area contributed by atoms with Crippen LogP contribution in [-0.2, 0) is 44.9 Å². The van der Waals surface area contributed by atoms with Gasteiger partial charge in [-0.05, 0) is 274 Å². The van der Waals surface area contributed by atoms with Crippen LogP contribution in [0.5, 0.6) is 5.75 Å². The second kappa shape index (κ2) is 113. The summed E-state index contributed by atoms with van der Waals surface area (Å²) in [5.74, 6) is 15.2. The van der Waals surface area contributed by atoms with Gasteiger partial charge in [0, 0.05) is 66.9 Å². The summed E-state index contributed by atoms with van der Waals surface area (Å²) in [6.45, 7) is 96.4. The van der Waals surface area contributed by atoms with Crippen molar-refractivity contribution in [3.05, 3.63) is 120 Å². The number of aromatic hydroxyl groups is 1. The third-order valence-corrected chi connectivity index (χ3v) is 20.1. The van der Waals surface area contributed by atoms with Crippen molar-refractivity contribution >= 4 is 65.0 Å². The van der Waals surface area contributed by atoms with E-state index < -0.39 is 11.9 Å². The Kier molecular flexibility index (Phi) is 131. The van der Waals surface area contributed by atoms with E-state index in [9.17, 15) is 29.4 Å². The first-order valence-electron chi connectivity index (χ1n) is 53.0. The Morgan fingerprint density at radius 1 is 0.442 bits per heavy atom. The predicted octanol–water partition coefficient (Wildman–Crippen LogP) is 29.3. The fourth-order valence-corrected chi connectivity index (χ4v) is 10.2. The molecule has 5 aromatic rings.